The van der Waals surface area contributed by atoms with Crippen molar-refractivity contribution in [2.45, 2.75) is 84.0 Å². The number of rotatable bonds is 9. The highest BCUT2D eigenvalue weighted by atomic mass is 16.5. The van der Waals surface area contributed by atoms with Crippen LogP contribution in [-0.2, 0) is 23.1 Å². The topological polar surface area (TPSA) is 72.3 Å². The first-order valence-corrected chi connectivity index (χ1v) is 11.9. The lowest BCUT2D eigenvalue weighted by Gasteiger charge is -2.38. The maximum atomic E-state index is 10.8. The van der Waals surface area contributed by atoms with Crippen LogP contribution in [0.3, 0.4) is 0 Å². The molecule has 2 heterocycles. The molecule has 1 aromatic carbocycles. The molecule has 3 rings (SSSR count). The maximum absolute atomic E-state index is 10.8. The normalized spacial score (nSPS) is 14.1. The molecular formula is C27H34N2O3. The van der Waals surface area contributed by atoms with E-state index in [-0.39, 0.29) is 11.8 Å². The molecule has 0 aliphatic carbocycles. The molecule has 1 N–H and O–H groups in total. The van der Waals surface area contributed by atoms with Crippen molar-refractivity contribution >= 4 is 5.97 Å². The molecule has 1 aliphatic heterocycles. The minimum absolute atomic E-state index is 0.145. The largest absolute Gasteiger partial charge is 0.493 e. The standard InChI is InChI=1S/C27H34N2O3/c1-4-7-8-9-10-21-16-24-23(27(5-2,6-3)13-14-32-24)15-22(21)12-11-20-18-28-25(29-19-20)17-26(30)31/h15-16,18-19H,4-10,13-14,17H2,1-3H3,(H,30,31). The Morgan fingerprint density at radius 2 is 1.84 bits per heavy atom. The van der Waals surface area contributed by atoms with E-state index < -0.39 is 5.97 Å². The number of benzene rings is 1. The van der Waals surface area contributed by atoms with Crippen molar-refractivity contribution in [2.24, 2.45) is 0 Å². The number of carboxylic acid groups (broad SMARTS) is 1. The molecule has 0 unspecified atom stereocenters. The highest BCUT2D eigenvalue weighted by Gasteiger charge is 2.35. The Morgan fingerprint density at radius 1 is 1.09 bits per heavy atom. The Hall–Kier alpha value is -2.87. The Kier molecular flexibility index (Phi) is 8.27. The lowest BCUT2D eigenvalue weighted by molar-refractivity contribution is -0.136. The van der Waals surface area contributed by atoms with Gasteiger partial charge in [0.15, 0.2) is 0 Å². The monoisotopic (exact) mass is 434 g/mol. The number of aromatic nitrogens is 2. The van der Waals surface area contributed by atoms with Gasteiger partial charge in [-0.05, 0) is 49.8 Å². The lowest BCUT2D eigenvalue weighted by atomic mass is 9.71. The maximum Gasteiger partial charge on any atom is 0.311 e. The number of fused-ring (bicyclic) bond motifs is 1. The van der Waals surface area contributed by atoms with Crippen LogP contribution in [0.4, 0.5) is 0 Å². The minimum Gasteiger partial charge on any atom is -0.493 e. The molecule has 5 heteroatoms. The van der Waals surface area contributed by atoms with E-state index in [9.17, 15) is 4.79 Å². The average Bonchev–Trinajstić information content (AvgIpc) is 2.80. The number of carboxylic acids is 1. The Morgan fingerprint density at radius 3 is 2.50 bits per heavy atom. The summed E-state index contributed by atoms with van der Waals surface area (Å²) in [5.74, 6) is 6.93. The number of aliphatic carboxylic acids is 1. The van der Waals surface area contributed by atoms with E-state index >= 15 is 0 Å². The Balaban J connectivity index is 1.95. The highest BCUT2D eigenvalue weighted by Crippen LogP contribution is 2.44. The van der Waals surface area contributed by atoms with E-state index in [0.29, 0.717) is 11.4 Å². The highest BCUT2D eigenvalue weighted by molar-refractivity contribution is 5.68. The van der Waals surface area contributed by atoms with E-state index in [1.807, 2.05) is 0 Å². The van der Waals surface area contributed by atoms with Crippen molar-refractivity contribution in [1.82, 2.24) is 9.97 Å². The summed E-state index contributed by atoms with van der Waals surface area (Å²) >= 11 is 0. The van der Waals surface area contributed by atoms with E-state index in [1.165, 1.54) is 30.4 Å². The molecular weight excluding hydrogens is 400 g/mol. The van der Waals surface area contributed by atoms with Crippen LogP contribution in [0.25, 0.3) is 0 Å². The third kappa shape index (κ3) is 5.68. The number of carbonyl (C=O) groups is 1. The first-order valence-electron chi connectivity index (χ1n) is 11.9. The van der Waals surface area contributed by atoms with Gasteiger partial charge >= 0.3 is 5.97 Å². The number of hydrogen-bond donors (Lipinski definition) is 1. The summed E-state index contributed by atoms with van der Waals surface area (Å²) in [5.41, 5.74) is 4.39. The molecule has 0 saturated heterocycles. The summed E-state index contributed by atoms with van der Waals surface area (Å²) in [5, 5.41) is 8.88. The van der Waals surface area contributed by atoms with Crippen LogP contribution in [0.1, 0.15) is 93.8 Å². The van der Waals surface area contributed by atoms with Crippen molar-refractivity contribution in [3.63, 3.8) is 0 Å². The number of aryl methyl sites for hydroxylation is 1. The van der Waals surface area contributed by atoms with E-state index in [1.54, 1.807) is 12.4 Å². The second-order valence-corrected chi connectivity index (χ2v) is 8.61. The molecule has 5 nitrogen and oxygen atoms in total. The number of ether oxygens (including phenoxy) is 1. The molecule has 0 radical (unpaired) electrons. The van der Waals surface area contributed by atoms with Crippen LogP contribution in [-0.4, -0.2) is 27.7 Å². The summed E-state index contributed by atoms with van der Waals surface area (Å²) in [6.45, 7) is 7.52. The van der Waals surface area contributed by atoms with Gasteiger partial charge in [-0.15, -0.1) is 0 Å². The molecule has 0 amide bonds. The summed E-state index contributed by atoms with van der Waals surface area (Å²) in [7, 11) is 0. The molecule has 1 aromatic heterocycles. The van der Waals surface area contributed by atoms with Gasteiger partial charge in [0.2, 0.25) is 0 Å². The fourth-order valence-electron chi connectivity index (χ4n) is 4.48. The van der Waals surface area contributed by atoms with Crippen LogP contribution in [0.15, 0.2) is 24.5 Å². The fourth-order valence-corrected chi connectivity index (χ4v) is 4.48. The van der Waals surface area contributed by atoms with Crippen molar-refractivity contribution < 1.29 is 14.6 Å². The second-order valence-electron chi connectivity index (χ2n) is 8.61. The lowest BCUT2D eigenvalue weighted by Crippen LogP contribution is -2.32. The van der Waals surface area contributed by atoms with Crippen molar-refractivity contribution in [3.05, 3.63) is 52.6 Å². The Bertz CT molecular complexity index is 982. The summed E-state index contributed by atoms with van der Waals surface area (Å²) in [6, 6.07) is 4.47. The molecule has 1 aliphatic rings. The molecule has 32 heavy (non-hydrogen) atoms. The molecule has 0 saturated carbocycles. The third-order valence-electron chi connectivity index (χ3n) is 6.62. The SMILES string of the molecule is CCCCCCc1cc2c(cc1C#Cc1cnc(CC(=O)O)nc1)C(CC)(CC)CCO2. The first kappa shape index (κ1) is 23.8. The van der Waals surface area contributed by atoms with E-state index in [0.717, 1.165) is 50.0 Å². The van der Waals surface area contributed by atoms with Crippen LogP contribution < -0.4 is 4.74 Å². The number of unbranched alkanes of at least 4 members (excludes halogenated alkanes) is 3. The zero-order chi connectivity index (χ0) is 23.0. The first-order chi connectivity index (χ1) is 15.5. The van der Waals surface area contributed by atoms with E-state index in [2.05, 4.69) is 54.7 Å². The van der Waals surface area contributed by atoms with Gasteiger partial charge in [0.25, 0.3) is 0 Å². The predicted octanol–water partition coefficient (Wildman–Crippen LogP) is 5.47. The minimum atomic E-state index is -0.942. The smallest absolute Gasteiger partial charge is 0.311 e. The fraction of sp³-hybridized carbons (Fsp3) is 0.519. The third-order valence-corrected chi connectivity index (χ3v) is 6.62. The van der Waals surface area contributed by atoms with Gasteiger partial charge in [-0.3, -0.25) is 4.79 Å². The van der Waals surface area contributed by atoms with E-state index in [4.69, 9.17) is 9.84 Å². The zero-order valence-corrected chi connectivity index (χ0v) is 19.5. The van der Waals surface area contributed by atoms with Gasteiger partial charge in [-0.25, -0.2) is 9.97 Å². The quantitative estimate of drug-likeness (QED) is 0.419. The summed E-state index contributed by atoms with van der Waals surface area (Å²) < 4.78 is 6.10. The van der Waals surface area contributed by atoms with Crippen molar-refractivity contribution in [3.8, 4) is 17.6 Å². The zero-order valence-electron chi connectivity index (χ0n) is 19.5. The molecule has 0 fully saturated rings. The predicted molar refractivity (Wildman–Crippen MR) is 126 cm³/mol. The van der Waals surface area contributed by atoms with Crippen LogP contribution in [0.5, 0.6) is 5.75 Å². The molecule has 0 atom stereocenters. The average molecular weight is 435 g/mol. The molecule has 0 spiro atoms. The van der Waals surface area contributed by atoms with Crippen molar-refractivity contribution in [2.75, 3.05) is 6.61 Å². The van der Waals surface area contributed by atoms with Gasteiger partial charge in [0, 0.05) is 28.9 Å². The van der Waals surface area contributed by atoms with Gasteiger partial charge in [-0.1, -0.05) is 51.9 Å². The summed E-state index contributed by atoms with van der Waals surface area (Å²) in [4.78, 5) is 19.1. The summed E-state index contributed by atoms with van der Waals surface area (Å²) in [6.07, 6.45) is 12.0. The molecule has 170 valence electrons. The number of nitrogens with zero attached hydrogens (tertiary/aromatic N) is 2. The second kappa shape index (κ2) is 11.1. The molecule has 0 bridgehead atoms. The van der Waals surface area contributed by atoms with Gasteiger partial charge < -0.3 is 9.84 Å². The van der Waals surface area contributed by atoms with Gasteiger partial charge in [0.05, 0.1) is 12.2 Å². The Labute approximate surface area is 191 Å². The van der Waals surface area contributed by atoms with Crippen LogP contribution in [0.2, 0.25) is 0 Å². The van der Waals surface area contributed by atoms with Crippen molar-refractivity contribution in [1.29, 1.82) is 0 Å². The van der Waals surface area contributed by atoms with Crippen LogP contribution in [0, 0.1) is 11.8 Å². The molecule has 2 aromatic rings. The van der Waals surface area contributed by atoms with Gasteiger partial charge in [0.1, 0.15) is 18.0 Å². The van der Waals surface area contributed by atoms with Gasteiger partial charge in [-0.2, -0.15) is 0 Å². The number of hydrogen-bond acceptors (Lipinski definition) is 4. The van der Waals surface area contributed by atoms with Crippen LogP contribution >= 0.6 is 0 Å².